The number of hydrogen-bond donors (Lipinski definition) is 0. The molecule has 0 amide bonds. The molecule has 0 aromatic carbocycles. The first-order valence-corrected chi connectivity index (χ1v) is 13.9. The van der Waals surface area contributed by atoms with Crippen molar-refractivity contribution in [2.75, 3.05) is 0 Å². The number of hydrogen-bond acceptors (Lipinski definition) is 0. The summed E-state index contributed by atoms with van der Waals surface area (Å²) in [5.74, 6) is 3.89. The summed E-state index contributed by atoms with van der Waals surface area (Å²) in [6, 6.07) is 0. The van der Waals surface area contributed by atoms with E-state index in [2.05, 4.69) is 54.5 Å². The molecule has 172 valence electrons. The van der Waals surface area contributed by atoms with Crippen LogP contribution in [0.15, 0.2) is 11.6 Å². The summed E-state index contributed by atoms with van der Waals surface area (Å²) in [6.45, 7) is 17.7. The van der Waals surface area contributed by atoms with Gasteiger partial charge in [-0.3, -0.25) is 0 Å². The lowest BCUT2D eigenvalue weighted by atomic mass is 9.35. The molecule has 4 rings (SSSR count). The second-order valence-corrected chi connectivity index (χ2v) is 13.1. The zero-order chi connectivity index (χ0) is 21.8. The van der Waals surface area contributed by atoms with Gasteiger partial charge in [0.2, 0.25) is 0 Å². The van der Waals surface area contributed by atoms with Crippen LogP contribution in [-0.2, 0) is 0 Å². The highest BCUT2D eigenvalue weighted by atomic mass is 14.7. The van der Waals surface area contributed by atoms with Crippen molar-refractivity contribution in [3.05, 3.63) is 11.6 Å². The lowest BCUT2D eigenvalue weighted by molar-refractivity contribution is -0.201. The van der Waals surface area contributed by atoms with Gasteiger partial charge in [0.15, 0.2) is 0 Å². The van der Waals surface area contributed by atoms with Crippen LogP contribution in [0, 0.1) is 45.3 Å². The largest absolute Gasteiger partial charge is 0.0882 e. The van der Waals surface area contributed by atoms with Crippen LogP contribution in [0.5, 0.6) is 0 Å². The molecule has 30 heavy (non-hydrogen) atoms. The highest BCUT2D eigenvalue weighted by molar-refractivity contribution is 5.18. The van der Waals surface area contributed by atoms with E-state index >= 15 is 0 Å². The van der Waals surface area contributed by atoms with Gasteiger partial charge in [0.1, 0.15) is 0 Å². The van der Waals surface area contributed by atoms with Gasteiger partial charge in [-0.2, -0.15) is 0 Å². The van der Waals surface area contributed by atoms with E-state index in [9.17, 15) is 0 Å². The van der Waals surface area contributed by atoms with Crippen molar-refractivity contribution in [2.45, 2.75) is 132 Å². The molecule has 4 saturated carbocycles. The fourth-order valence-corrected chi connectivity index (χ4v) is 10.7. The maximum absolute atomic E-state index is 2.74. The van der Waals surface area contributed by atoms with Gasteiger partial charge in [-0.25, -0.2) is 0 Å². The molecule has 0 aromatic heterocycles. The molecule has 7 atom stereocenters. The van der Waals surface area contributed by atoms with E-state index in [1.807, 2.05) is 0 Å². The first-order chi connectivity index (χ1) is 14.2. The van der Waals surface area contributed by atoms with Gasteiger partial charge in [-0.05, 0) is 129 Å². The van der Waals surface area contributed by atoms with E-state index in [4.69, 9.17) is 0 Å². The molecule has 0 aliphatic heterocycles. The van der Waals surface area contributed by atoms with E-state index in [0.29, 0.717) is 21.7 Å². The number of allylic oxidation sites excluding steroid dienone is 2. The molecule has 0 bridgehead atoms. The molecule has 4 aliphatic carbocycles. The maximum atomic E-state index is 2.74. The molecule has 0 heteroatoms. The standard InChI is InChI=1S/C30H52/c1-8-22(9-2)24-13-12-14-25-23-15-18-29(10-3)21-27(5,6)19-20-30(29,11-4)26(23)16-17-28(24,25)7/h8,23-26H,9-21H2,1-7H3/b22-8-/t23-,24?,25-,26-,28+,29+,30+/m0/s1. The van der Waals surface area contributed by atoms with Crippen LogP contribution in [0.1, 0.15) is 132 Å². The Labute approximate surface area is 189 Å². The number of fused-ring (bicyclic) bond motifs is 5. The summed E-state index contributed by atoms with van der Waals surface area (Å²) in [5.41, 5.74) is 4.19. The van der Waals surface area contributed by atoms with Crippen LogP contribution >= 0.6 is 0 Å². The summed E-state index contributed by atoms with van der Waals surface area (Å²) < 4.78 is 0. The smallest absolute Gasteiger partial charge is 0.0147 e. The van der Waals surface area contributed by atoms with Crippen LogP contribution in [0.3, 0.4) is 0 Å². The Morgan fingerprint density at radius 1 is 0.833 bits per heavy atom. The van der Waals surface area contributed by atoms with E-state index in [1.54, 1.807) is 12.0 Å². The van der Waals surface area contributed by atoms with Gasteiger partial charge < -0.3 is 0 Å². The van der Waals surface area contributed by atoms with Crippen LogP contribution in [0.2, 0.25) is 0 Å². The van der Waals surface area contributed by atoms with Crippen molar-refractivity contribution >= 4 is 0 Å². The Hall–Kier alpha value is -0.260. The van der Waals surface area contributed by atoms with Gasteiger partial charge in [0.05, 0.1) is 0 Å². The van der Waals surface area contributed by atoms with E-state index in [-0.39, 0.29) is 0 Å². The average Bonchev–Trinajstić information content (AvgIpc) is 2.73. The second-order valence-electron chi connectivity index (χ2n) is 13.1. The summed E-state index contributed by atoms with van der Waals surface area (Å²) >= 11 is 0. The van der Waals surface area contributed by atoms with Gasteiger partial charge in [0, 0.05) is 0 Å². The van der Waals surface area contributed by atoms with Crippen molar-refractivity contribution in [2.24, 2.45) is 45.3 Å². The SMILES string of the molecule is C/C=C(/CC)C1CCC[C@H]2[C@@H]3CC[C@]4(CC)CC(C)(C)CC[C@]4(CC)[C@H]3CC[C@]12C. The quantitative estimate of drug-likeness (QED) is 0.403. The third-order valence-corrected chi connectivity index (χ3v) is 12.0. The molecule has 4 fully saturated rings. The van der Waals surface area contributed by atoms with Gasteiger partial charge >= 0.3 is 0 Å². The highest BCUT2D eigenvalue weighted by Crippen LogP contribution is 2.73. The molecule has 0 N–H and O–H groups in total. The van der Waals surface area contributed by atoms with Gasteiger partial charge in [0.25, 0.3) is 0 Å². The Bertz CT molecular complexity index is 655. The first-order valence-electron chi connectivity index (χ1n) is 13.9. The van der Waals surface area contributed by atoms with Gasteiger partial charge in [-0.15, -0.1) is 0 Å². The molecule has 0 spiro atoms. The fourth-order valence-electron chi connectivity index (χ4n) is 10.7. The van der Waals surface area contributed by atoms with Crippen LogP contribution in [-0.4, -0.2) is 0 Å². The first kappa shape index (κ1) is 22.9. The lowest BCUT2D eigenvalue weighted by Gasteiger charge is -2.70. The molecule has 0 aromatic rings. The molecular weight excluding hydrogens is 360 g/mol. The van der Waals surface area contributed by atoms with Crippen molar-refractivity contribution in [1.82, 2.24) is 0 Å². The Morgan fingerprint density at radius 2 is 1.60 bits per heavy atom. The van der Waals surface area contributed by atoms with Crippen molar-refractivity contribution in [3.63, 3.8) is 0 Å². The molecule has 0 nitrogen and oxygen atoms in total. The molecule has 4 aliphatic rings. The molecule has 0 saturated heterocycles. The Morgan fingerprint density at radius 3 is 2.23 bits per heavy atom. The number of rotatable bonds is 4. The summed E-state index contributed by atoms with van der Waals surface area (Å²) in [7, 11) is 0. The Balaban J connectivity index is 1.70. The molecule has 0 heterocycles. The summed E-state index contributed by atoms with van der Waals surface area (Å²) in [6.07, 6.45) is 21.7. The zero-order valence-electron chi connectivity index (χ0n) is 21.6. The Kier molecular flexibility index (Phi) is 6.07. The third-order valence-electron chi connectivity index (χ3n) is 12.0. The van der Waals surface area contributed by atoms with Crippen molar-refractivity contribution in [3.8, 4) is 0 Å². The van der Waals surface area contributed by atoms with Crippen LogP contribution < -0.4 is 0 Å². The fraction of sp³-hybridized carbons (Fsp3) is 0.933. The molecule has 0 radical (unpaired) electrons. The second kappa shape index (κ2) is 7.95. The summed E-state index contributed by atoms with van der Waals surface area (Å²) in [5, 5.41) is 0. The van der Waals surface area contributed by atoms with Crippen LogP contribution in [0.25, 0.3) is 0 Å². The van der Waals surface area contributed by atoms with Crippen molar-refractivity contribution in [1.29, 1.82) is 0 Å². The predicted molar refractivity (Wildman–Crippen MR) is 132 cm³/mol. The maximum Gasteiger partial charge on any atom is -0.0147 e. The average molecular weight is 413 g/mol. The topological polar surface area (TPSA) is 0 Å². The minimum atomic E-state index is 0.558. The van der Waals surface area contributed by atoms with E-state index < -0.39 is 0 Å². The lowest BCUT2D eigenvalue weighted by Crippen LogP contribution is -2.61. The normalized spacial score (nSPS) is 48.4. The van der Waals surface area contributed by atoms with E-state index in [0.717, 1.165) is 23.7 Å². The van der Waals surface area contributed by atoms with Crippen LogP contribution in [0.4, 0.5) is 0 Å². The monoisotopic (exact) mass is 412 g/mol. The highest BCUT2D eigenvalue weighted by Gasteiger charge is 2.65. The third kappa shape index (κ3) is 3.12. The minimum absolute atomic E-state index is 0.558. The van der Waals surface area contributed by atoms with E-state index in [1.165, 1.54) is 77.0 Å². The summed E-state index contributed by atoms with van der Waals surface area (Å²) in [4.78, 5) is 0. The zero-order valence-corrected chi connectivity index (χ0v) is 21.6. The molecule has 1 unspecified atom stereocenters. The molecular formula is C30H52. The van der Waals surface area contributed by atoms with Crippen molar-refractivity contribution < 1.29 is 0 Å². The van der Waals surface area contributed by atoms with Gasteiger partial charge in [-0.1, -0.05) is 59.6 Å². The minimum Gasteiger partial charge on any atom is -0.0882 e. The predicted octanol–water partition coefficient (Wildman–Crippen LogP) is 9.59.